The van der Waals surface area contributed by atoms with Crippen molar-refractivity contribution in [1.29, 1.82) is 0 Å². The zero-order valence-electron chi connectivity index (χ0n) is 11.9. The SMILES string of the molecule is CC1(C)C(CNC(=O)c2csc(S(=O)(=O)Cl)c2)C1(C)C. The Kier molecular flexibility index (Phi) is 3.72. The van der Waals surface area contributed by atoms with Crippen molar-refractivity contribution in [2.24, 2.45) is 16.7 Å². The third-order valence-corrected chi connectivity index (χ3v) is 7.90. The molecule has 1 aromatic rings. The standard InChI is InChI=1S/C13H18ClNO3S2/c1-12(2)9(13(12,3)4)6-15-11(16)8-5-10(19-7-8)20(14,17)18/h5,7,9H,6H2,1-4H3,(H,15,16). The van der Waals surface area contributed by atoms with Crippen LogP contribution in [-0.4, -0.2) is 20.9 Å². The molecule has 0 spiro atoms. The molecule has 1 aliphatic rings. The van der Waals surface area contributed by atoms with Crippen molar-refractivity contribution in [3.05, 3.63) is 17.0 Å². The summed E-state index contributed by atoms with van der Waals surface area (Å²) in [6.07, 6.45) is 0. The second-order valence-corrected chi connectivity index (χ2v) is 10.0. The van der Waals surface area contributed by atoms with Crippen LogP contribution in [0, 0.1) is 16.7 Å². The fourth-order valence-electron chi connectivity index (χ4n) is 2.70. The average molecular weight is 336 g/mol. The van der Waals surface area contributed by atoms with E-state index >= 15 is 0 Å². The van der Waals surface area contributed by atoms with Crippen molar-refractivity contribution in [1.82, 2.24) is 5.32 Å². The van der Waals surface area contributed by atoms with Crippen molar-refractivity contribution >= 4 is 37.0 Å². The molecule has 1 amide bonds. The average Bonchev–Trinajstić information content (AvgIpc) is 2.72. The van der Waals surface area contributed by atoms with Crippen LogP contribution in [0.4, 0.5) is 0 Å². The Morgan fingerprint density at radius 1 is 1.35 bits per heavy atom. The molecule has 1 N–H and O–H groups in total. The van der Waals surface area contributed by atoms with Crippen LogP contribution in [0.3, 0.4) is 0 Å². The van der Waals surface area contributed by atoms with Crippen molar-refractivity contribution in [3.8, 4) is 0 Å². The van der Waals surface area contributed by atoms with Crippen molar-refractivity contribution in [2.75, 3.05) is 6.54 Å². The Morgan fingerprint density at radius 3 is 2.30 bits per heavy atom. The summed E-state index contributed by atoms with van der Waals surface area (Å²) in [5, 5.41) is 4.37. The van der Waals surface area contributed by atoms with E-state index in [2.05, 4.69) is 33.0 Å². The highest BCUT2D eigenvalue weighted by Crippen LogP contribution is 2.67. The molecule has 112 valence electrons. The quantitative estimate of drug-likeness (QED) is 0.860. The van der Waals surface area contributed by atoms with Crippen molar-refractivity contribution in [3.63, 3.8) is 0 Å². The zero-order chi connectivity index (χ0) is 15.3. The van der Waals surface area contributed by atoms with E-state index in [1.807, 2.05) is 0 Å². The summed E-state index contributed by atoms with van der Waals surface area (Å²) in [4.78, 5) is 12.0. The molecule has 0 saturated heterocycles. The number of rotatable bonds is 4. The molecule has 0 unspecified atom stereocenters. The van der Waals surface area contributed by atoms with E-state index in [1.165, 1.54) is 11.4 Å². The highest BCUT2D eigenvalue weighted by molar-refractivity contribution is 8.15. The Morgan fingerprint density at radius 2 is 1.90 bits per heavy atom. The van der Waals surface area contributed by atoms with Gasteiger partial charge in [0, 0.05) is 22.6 Å². The molecular formula is C13H18ClNO3S2. The number of halogens is 1. The van der Waals surface area contributed by atoms with Crippen LogP contribution in [-0.2, 0) is 9.05 Å². The van der Waals surface area contributed by atoms with E-state index < -0.39 is 9.05 Å². The van der Waals surface area contributed by atoms with Gasteiger partial charge in [-0.3, -0.25) is 4.79 Å². The largest absolute Gasteiger partial charge is 0.352 e. The van der Waals surface area contributed by atoms with Crippen LogP contribution < -0.4 is 5.32 Å². The summed E-state index contributed by atoms with van der Waals surface area (Å²) >= 11 is 0.954. The minimum absolute atomic E-state index is 0.00333. The van der Waals surface area contributed by atoms with Crippen LogP contribution in [0.5, 0.6) is 0 Å². The Balaban J connectivity index is 1.99. The van der Waals surface area contributed by atoms with Crippen LogP contribution in [0.1, 0.15) is 38.1 Å². The molecule has 0 atom stereocenters. The smallest absolute Gasteiger partial charge is 0.270 e. The van der Waals surface area contributed by atoms with Gasteiger partial charge in [-0.1, -0.05) is 27.7 Å². The van der Waals surface area contributed by atoms with Gasteiger partial charge in [-0.25, -0.2) is 8.42 Å². The Hall–Kier alpha value is -0.590. The highest BCUT2D eigenvalue weighted by Gasteiger charge is 2.64. The van der Waals surface area contributed by atoms with Gasteiger partial charge in [0.25, 0.3) is 15.0 Å². The normalized spacial score (nSPS) is 20.6. The summed E-state index contributed by atoms with van der Waals surface area (Å²) < 4.78 is 22.3. The first-order valence-electron chi connectivity index (χ1n) is 6.29. The Bertz CT molecular complexity index is 632. The predicted octanol–water partition coefficient (Wildman–Crippen LogP) is 3.09. The van der Waals surface area contributed by atoms with E-state index in [0.717, 1.165) is 11.3 Å². The molecule has 0 bridgehead atoms. The fraction of sp³-hybridized carbons (Fsp3) is 0.615. The van der Waals surface area contributed by atoms with E-state index in [0.29, 0.717) is 18.0 Å². The molecule has 7 heteroatoms. The van der Waals surface area contributed by atoms with E-state index in [-0.39, 0.29) is 20.9 Å². The summed E-state index contributed by atoms with van der Waals surface area (Å²) in [7, 11) is 1.48. The summed E-state index contributed by atoms with van der Waals surface area (Å²) in [6, 6.07) is 1.31. The molecule has 1 saturated carbocycles. The van der Waals surface area contributed by atoms with E-state index in [4.69, 9.17) is 10.7 Å². The maximum atomic E-state index is 12.0. The van der Waals surface area contributed by atoms with Gasteiger partial charge in [0.1, 0.15) is 4.21 Å². The van der Waals surface area contributed by atoms with Gasteiger partial charge in [-0.05, 0) is 22.8 Å². The first kappa shape index (κ1) is 15.8. The van der Waals surface area contributed by atoms with Crippen LogP contribution >= 0.6 is 22.0 Å². The fourth-order valence-corrected chi connectivity index (χ4v) is 4.65. The number of nitrogens with one attached hydrogen (secondary N) is 1. The molecule has 2 rings (SSSR count). The summed E-state index contributed by atoms with van der Waals surface area (Å²) in [6.45, 7) is 9.34. The number of thiophene rings is 1. The Labute approximate surface area is 127 Å². The molecule has 1 aromatic heterocycles. The van der Waals surface area contributed by atoms with Gasteiger partial charge in [-0.15, -0.1) is 11.3 Å². The van der Waals surface area contributed by atoms with Gasteiger partial charge < -0.3 is 5.32 Å². The van der Waals surface area contributed by atoms with Crippen molar-refractivity contribution < 1.29 is 13.2 Å². The molecule has 20 heavy (non-hydrogen) atoms. The molecule has 1 heterocycles. The minimum Gasteiger partial charge on any atom is -0.352 e. The number of carbonyl (C=O) groups excluding carboxylic acids is 1. The molecule has 0 aromatic carbocycles. The maximum Gasteiger partial charge on any atom is 0.270 e. The first-order valence-corrected chi connectivity index (χ1v) is 9.48. The second-order valence-electron chi connectivity index (χ2n) is 6.30. The lowest BCUT2D eigenvalue weighted by Gasteiger charge is -2.04. The van der Waals surface area contributed by atoms with E-state index in [9.17, 15) is 13.2 Å². The minimum atomic E-state index is -3.76. The second kappa shape index (κ2) is 4.71. The summed E-state index contributed by atoms with van der Waals surface area (Å²) in [5.41, 5.74) is 0.754. The molecule has 0 aliphatic heterocycles. The topological polar surface area (TPSA) is 63.2 Å². The molecule has 0 radical (unpaired) electrons. The third-order valence-electron chi connectivity index (χ3n) is 4.86. The van der Waals surface area contributed by atoms with Crippen LogP contribution in [0.2, 0.25) is 0 Å². The molecular weight excluding hydrogens is 318 g/mol. The van der Waals surface area contributed by atoms with Crippen LogP contribution in [0.25, 0.3) is 0 Å². The zero-order valence-corrected chi connectivity index (χ0v) is 14.2. The van der Waals surface area contributed by atoms with Crippen LogP contribution in [0.15, 0.2) is 15.7 Å². The van der Waals surface area contributed by atoms with Gasteiger partial charge in [0.2, 0.25) is 0 Å². The lowest BCUT2D eigenvalue weighted by Crippen LogP contribution is -2.26. The highest BCUT2D eigenvalue weighted by atomic mass is 35.7. The predicted molar refractivity (Wildman–Crippen MR) is 80.7 cm³/mol. The van der Waals surface area contributed by atoms with Gasteiger partial charge in [0.05, 0.1) is 5.56 Å². The number of hydrogen-bond donors (Lipinski definition) is 1. The monoisotopic (exact) mass is 335 g/mol. The van der Waals surface area contributed by atoms with Gasteiger partial charge in [0.15, 0.2) is 0 Å². The third kappa shape index (κ3) is 2.61. The van der Waals surface area contributed by atoms with Crippen molar-refractivity contribution in [2.45, 2.75) is 31.9 Å². The lowest BCUT2D eigenvalue weighted by atomic mass is 10.0. The van der Waals surface area contributed by atoms with Gasteiger partial charge >= 0.3 is 0 Å². The molecule has 4 nitrogen and oxygen atoms in total. The number of carbonyl (C=O) groups is 1. The molecule has 1 fully saturated rings. The lowest BCUT2D eigenvalue weighted by molar-refractivity contribution is 0.0950. The number of hydrogen-bond acceptors (Lipinski definition) is 4. The van der Waals surface area contributed by atoms with E-state index in [1.54, 1.807) is 0 Å². The maximum absolute atomic E-state index is 12.0. The summed E-state index contributed by atoms with van der Waals surface area (Å²) in [5.74, 6) is 0.167. The van der Waals surface area contributed by atoms with Gasteiger partial charge in [-0.2, -0.15) is 0 Å². The number of amides is 1. The molecule has 1 aliphatic carbocycles. The first-order chi connectivity index (χ1) is 8.98.